The minimum absolute atomic E-state index is 0.0362. The molecule has 36 heavy (non-hydrogen) atoms. The van der Waals surface area contributed by atoms with Gasteiger partial charge < -0.3 is 19.9 Å². The summed E-state index contributed by atoms with van der Waals surface area (Å²) in [6.07, 6.45) is 0.0567. The number of fused-ring (bicyclic) bond motifs is 1. The summed E-state index contributed by atoms with van der Waals surface area (Å²) in [6, 6.07) is 18.1. The maximum Gasteiger partial charge on any atom is 0.326 e. The minimum atomic E-state index is -1.19. The van der Waals surface area contributed by atoms with Gasteiger partial charge in [0.2, 0.25) is 0 Å². The molecular formula is C27H22Cl2N2O5. The van der Waals surface area contributed by atoms with Crippen molar-refractivity contribution in [1.82, 2.24) is 10.3 Å². The lowest BCUT2D eigenvalue weighted by Crippen LogP contribution is -2.42. The second kappa shape index (κ2) is 10.8. The second-order valence-corrected chi connectivity index (χ2v) is 8.74. The smallest absolute Gasteiger partial charge is 0.326 e. The maximum absolute atomic E-state index is 12.7. The Balaban J connectivity index is 1.60. The van der Waals surface area contributed by atoms with E-state index in [1.807, 2.05) is 42.5 Å². The van der Waals surface area contributed by atoms with Gasteiger partial charge in [-0.15, -0.1) is 0 Å². The first-order valence-corrected chi connectivity index (χ1v) is 11.7. The van der Waals surface area contributed by atoms with Gasteiger partial charge in [-0.3, -0.25) is 4.79 Å². The number of benzene rings is 3. The zero-order valence-electron chi connectivity index (χ0n) is 19.4. The molecule has 0 bridgehead atoms. The average Bonchev–Trinajstić information content (AvgIpc) is 2.87. The summed E-state index contributed by atoms with van der Waals surface area (Å²) in [6.45, 7) is 0. The number of hydrogen-bond acceptors (Lipinski definition) is 5. The Morgan fingerprint density at radius 3 is 2.19 bits per heavy atom. The fraction of sp³-hybridized carbons (Fsp3) is 0.148. The number of pyridine rings is 1. The predicted molar refractivity (Wildman–Crippen MR) is 139 cm³/mol. The summed E-state index contributed by atoms with van der Waals surface area (Å²) in [5.74, 6) is -0.563. The molecule has 7 nitrogen and oxygen atoms in total. The highest BCUT2D eigenvalue weighted by atomic mass is 35.5. The normalized spacial score (nSPS) is 11.7. The fourth-order valence-corrected chi connectivity index (χ4v) is 4.49. The van der Waals surface area contributed by atoms with Crippen LogP contribution in [0.3, 0.4) is 0 Å². The Bertz CT molecular complexity index is 1420. The number of halogens is 2. The van der Waals surface area contributed by atoms with E-state index in [2.05, 4.69) is 5.32 Å². The Hall–Kier alpha value is -3.81. The van der Waals surface area contributed by atoms with E-state index in [0.29, 0.717) is 28.3 Å². The molecule has 184 valence electrons. The number of carbonyl (C=O) groups excluding carboxylic acids is 1. The topological polar surface area (TPSA) is 97.8 Å². The number of methoxy groups -OCH3 is 2. The second-order valence-electron chi connectivity index (χ2n) is 7.93. The van der Waals surface area contributed by atoms with Crippen LogP contribution < -0.4 is 14.8 Å². The third-order valence-electron chi connectivity index (χ3n) is 5.67. The molecule has 0 fully saturated rings. The van der Waals surface area contributed by atoms with Crippen molar-refractivity contribution < 1.29 is 24.2 Å². The van der Waals surface area contributed by atoms with Gasteiger partial charge >= 0.3 is 5.97 Å². The summed E-state index contributed by atoms with van der Waals surface area (Å²) in [5.41, 5.74) is 2.87. The molecule has 1 atom stereocenters. The molecule has 1 amide bonds. The number of nitrogens with zero attached hydrogens (tertiary/aromatic N) is 1. The minimum Gasteiger partial charge on any atom is -0.496 e. The van der Waals surface area contributed by atoms with Crippen LogP contribution in [0, 0.1) is 0 Å². The van der Waals surface area contributed by atoms with Crippen LogP contribution in [-0.2, 0) is 11.2 Å². The summed E-state index contributed by atoms with van der Waals surface area (Å²) >= 11 is 12.2. The van der Waals surface area contributed by atoms with Gasteiger partial charge in [0.1, 0.15) is 17.5 Å². The SMILES string of the molecule is COc1cccc(OC)c1-c1ccc2cc(CC(NC(=O)c3c(Cl)cccc3Cl)C(=O)O)ccc2n1. The van der Waals surface area contributed by atoms with Crippen molar-refractivity contribution in [3.05, 3.63) is 87.9 Å². The zero-order chi connectivity index (χ0) is 25.8. The number of hydrogen-bond donors (Lipinski definition) is 2. The quantitative estimate of drug-likeness (QED) is 0.309. The van der Waals surface area contributed by atoms with Crippen molar-refractivity contribution in [1.29, 1.82) is 0 Å². The van der Waals surface area contributed by atoms with Crippen LogP contribution in [0.2, 0.25) is 10.0 Å². The first-order chi connectivity index (χ1) is 17.3. The number of amides is 1. The van der Waals surface area contributed by atoms with Crippen molar-refractivity contribution in [2.75, 3.05) is 14.2 Å². The number of aromatic nitrogens is 1. The number of carboxylic acids is 1. The van der Waals surface area contributed by atoms with Crippen LogP contribution in [0.4, 0.5) is 0 Å². The standard InChI is InChI=1S/C27H22Cl2N2O5/c1-35-22-7-4-8-23(36-2)25(22)20-12-10-16-13-15(9-11-19(16)30-20)14-21(27(33)34)31-26(32)24-17(28)5-3-6-18(24)29/h3-13,21H,14H2,1-2H3,(H,31,32)(H,33,34). The number of ether oxygens (including phenoxy) is 2. The van der Waals surface area contributed by atoms with E-state index in [1.165, 1.54) is 12.1 Å². The molecule has 0 aliphatic carbocycles. The first-order valence-electron chi connectivity index (χ1n) is 10.9. The van der Waals surface area contributed by atoms with E-state index < -0.39 is 17.9 Å². The van der Waals surface area contributed by atoms with Crippen molar-refractivity contribution in [2.24, 2.45) is 0 Å². The number of carboxylic acid groups (broad SMARTS) is 1. The molecular weight excluding hydrogens is 503 g/mol. The summed E-state index contributed by atoms with van der Waals surface area (Å²) < 4.78 is 11.0. The van der Waals surface area contributed by atoms with E-state index in [0.717, 1.165) is 10.9 Å². The molecule has 9 heteroatoms. The van der Waals surface area contributed by atoms with Gasteiger partial charge in [0, 0.05) is 11.8 Å². The Labute approximate surface area is 217 Å². The van der Waals surface area contributed by atoms with Gasteiger partial charge in [0.05, 0.1) is 46.6 Å². The lowest BCUT2D eigenvalue weighted by Gasteiger charge is -2.16. The van der Waals surface area contributed by atoms with Gasteiger partial charge in [-0.1, -0.05) is 47.5 Å². The first kappa shape index (κ1) is 25.3. The Morgan fingerprint density at radius 1 is 0.944 bits per heavy atom. The van der Waals surface area contributed by atoms with Crippen molar-refractivity contribution >= 4 is 46.0 Å². The Kier molecular flexibility index (Phi) is 7.62. The number of aliphatic carboxylic acids is 1. The average molecular weight is 525 g/mol. The molecule has 0 radical (unpaired) electrons. The van der Waals surface area contributed by atoms with E-state index in [1.54, 1.807) is 26.4 Å². The van der Waals surface area contributed by atoms with E-state index in [-0.39, 0.29) is 22.0 Å². The lowest BCUT2D eigenvalue weighted by atomic mass is 10.0. The lowest BCUT2D eigenvalue weighted by molar-refractivity contribution is -0.139. The van der Waals surface area contributed by atoms with Crippen molar-refractivity contribution in [2.45, 2.75) is 12.5 Å². The van der Waals surface area contributed by atoms with Crippen LogP contribution >= 0.6 is 23.2 Å². The predicted octanol–water partition coefficient (Wildman–Crippen LogP) is 5.65. The summed E-state index contributed by atoms with van der Waals surface area (Å²) in [5, 5.41) is 13.3. The molecule has 0 aliphatic rings. The fourth-order valence-electron chi connectivity index (χ4n) is 3.93. The van der Waals surface area contributed by atoms with E-state index in [9.17, 15) is 14.7 Å². The van der Waals surface area contributed by atoms with E-state index in [4.69, 9.17) is 37.7 Å². The van der Waals surface area contributed by atoms with Crippen LogP contribution in [-0.4, -0.2) is 42.2 Å². The zero-order valence-corrected chi connectivity index (χ0v) is 20.9. The third-order valence-corrected chi connectivity index (χ3v) is 6.30. The van der Waals surface area contributed by atoms with Crippen LogP contribution in [0.5, 0.6) is 11.5 Å². The van der Waals surface area contributed by atoms with E-state index >= 15 is 0 Å². The van der Waals surface area contributed by atoms with Crippen LogP contribution in [0.15, 0.2) is 66.7 Å². The molecule has 2 N–H and O–H groups in total. The molecule has 1 aromatic heterocycles. The molecule has 0 aliphatic heterocycles. The molecule has 4 aromatic rings. The largest absolute Gasteiger partial charge is 0.496 e. The van der Waals surface area contributed by atoms with Crippen molar-refractivity contribution in [3.63, 3.8) is 0 Å². The summed E-state index contributed by atoms with van der Waals surface area (Å²) in [4.78, 5) is 29.4. The maximum atomic E-state index is 12.7. The van der Waals surface area contributed by atoms with Crippen LogP contribution in [0.1, 0.15) is 15.9 Å². The Morgan fingerprint density at radius 2 is 1.58 bits per heavy atom. The molecule has 1 unspecified atom stereocenters. The molecule has 0 spiro atoms. The van der Waals surface area contributed by atoms with Gasteiger partial charge in [0.25, 0.3) is 5.91 Å². The number of carbonyl (C=O) groups is 2. The molecule has 0 saturated heterocycles. The molecule has 0 saturated carbocycles. The van der Waals surface area contributed by atoms with Gasteiger partial charge in [-0.2, -0.15) is 0 Å². The van der Waals surface area contributed by atoms with Crippen LogP contribution in [0.25, 0.3) is 22.2 Å². The highest BCUT2D eigenvalue weighted by Crippen LogP contribution is 2.37. The van der Waals surface area contributed by atoms with Gasteiger partial charge in [-0.25, -0.2) is 9.78 Å². The molecule has 4 rings (SSSR count). The summed E-state index contributed by atoms with van der Waals surface area (Å²) in [7, 11) is 3.17. The number of nitrogens with one attached hydrogen (secondary N) is 1. The molecule has 3 aromatic carbocycles. The van der Waals surface area contributed by atoms with Gasteiger partial charge in [0.15, 0.2) is 0 Å². The highest BCUT2D eigenvalue weighted by molar-refractivity contribution is 6.39. The van der Waals surface area contributed by atoms with Crippen molar-refractivity contribution in [3.8, 4) is 22.8 Å². The molecule has 1 heterocycles. The monoisotopic (exact) mass is 524 g/mol. The number of rotatable bonds is 8. The third kappa shape index (κ3) is 5.22. The van der Waals surface area contributed by atoms with Gasteiger partial charge in [-0.05, 0) is 48.0 Å². The highest BCUT2D eigenvalue weighted by Gasteiger charge is 2.24.